The van der Waals surface area contributed by atoms with Crippen molar-refractivity contribution in [2.75, 3.05) is 19.6 Å². The van der Waals surface area contributed by atoms with Gasteiger partial charge in [0.1, 0.15) is 0 Å². The number of nitrogens with zero attached hydrogens (tertiary/aromatic N) is 1. The summed E-state index contributed by atoms with van der Waals surface area (Å²) >= 11 is 0. The van der Waals surface area contributed by atoms with E-state index in [-0.39, 0.29) is 0 Å². The van der Waals surface area contributed by atoms with Crippen molar-refractivity contribution in [1.29, 1.82) is 0 Å². The largest absolute Gasteiger partial charge is 0.343 e. The smallest absolute Gasteiger partial charge is 0.223 e. The van der Waals surface area contributed by atoms with E-state index in [0.717, 1.165) is 32.5 Å². The van der Waals surface area contributed by atoms with E-state index >= 15 is 0 Å². The summed E-state index contributed by atoms with van der Waals surface area (Å²) in [6, 6.07) is 0.910. The lowest BCUT2D eigenvalue weighted by atomic mass is 10.2. The molecule has 1 aliphatic heterocycles. The lowest BCUT2D eigenvalue weighted by Gasteiger charge is -2.16. The maximum absolute atomic E-state index is 11.7. The van der Waals surface area contributed by atoms with E-state index in [1.54, 1.807) is 0 Å². The lowest BCUT2D eigenvalue weighted by Crippen LogP contribution is -2.34. The average molecular weight is 225 g/mol. The Balaban J connectivity index is 1.58. The van der Waals surface area contributed by atoms with Gasteiger partial charge in [-0.2, -0.15) is 0 Å². The van der Waals surface area contributed by atoms with Crippen molar-refractivity contribution in [2.24, 2.45) is 5.73 Å². The molecule has 92 valence electrons. The van der Waals surface area contributed by atoms with Gasteiger partial charge < -0.3 is 16.0 Å². The number of nitrogens with one attached hydrogen (secondary N) is 1. The van der Waals surface area contributed by atoms with Crippen molar-refractivity contribution >= 4 is 5.91 Å². The van der Waals surface area contributed by atoms with Crippen LogP contribution < -0.4 is 11.1 Å². The Bertz CT molecular complexity index is 238. The zero-order valence-corrected chi connectivity index (χ0v) is 9.95. The molecule has 0 bridgehead atoms. The number of amides is 1. The van der Waals surface area contributed by atoms with Crippen molar-refractivity contribution < 1.29 is 4.79 Å². The molecule has 4 nitrogen and oxygen atoms in total. The first-order chi connectivity index (χ1) is 7.75. The molecule has 1 heterocycles. The van der Waals surface area contributed by atoms with E-state index in [9.17, 15) is 4.79 Å². The molecule has 0 aromatic rings. The van der Waals surface area contributed by atoms with Gasteiger partial charge in [0.25, 0.3) is 0 Å². The van der Waals surface area contributed by atoms with E-state index in [0.29, 0.717) is 24.4 Å². The van der Waals surface area contributed by atoms with Gasteiger partial charge in [-0.1, -0.05) is 0 Å². The maximum Gasteiger partial charge on any atom is 0.223 e. The number of likely N-dealkylation sites (tertiary alicyclic amines) is 1. The Hall–Kier alpha value is -0.610. The van der Waals surface area contributed by atoms with Gasteiger partial charge in [0.15, 0.2) is 0 Å². The van der Waals surface area contributed by atoms with Gasteiger partial charge in [0, 0.05) is 38.1 Å². The highest BCUT2D eigenvalue weighted by Crippen LogP contribution is 2.17. The fourth-order valence-electron chi connectivity index (χ4n) is 2.71. The minimum Gasteiger partial charge on any atom is -0.343 e. The van der Waals surface area contributed by atoms with Crippen LogP contribution >= 0.6 is 0 Å². The van der Waals surface area contributed by atoms with Crippen molar-refractivity contribution in [3.63, 3.8) is 0 Å². The molecule has 1 aliphatic carbocycles. The minimum absolute atomic E-state index is 0.312. The van der Waals surface area contributed by atoms with Gasteiger partial charge in [-0.05, 0) is 32.1 Å². The van der Waals surface area contributed by atoms with Gasteiger partial charge in [-0.3, -0.25) is 4.79 Å². The third kappa shape index (κ3) is 3.19. The average Bonchev–Trinajstić information content (AvgIpc) is 2.89. The fourth-order valence-corrected chi connectivity index (χ4v) is 2.71. The van der Waals surface area contributed by atoms with Crippen LogP contribution in [0, 0.1) is 0 Å². The van der Waals surface area contributed by atoms with E-state index in [2.05, 4.69) is 5.32 Å². The Kier molecular flexibility index (Phi) is 4.18. The summed E-state index contributed by atoms with van der Waals surface area (Å²) in [5.74, 6) is 0.312. The van der Waals surface area contributed by atoms with Crippen LogP contribution in [0.3, 0.4) is 0 Å². The molecule has 2 aliphatic rings. The predicted molar refractivity (Wildman–Crippen MR) is 64.0 cm³/mol. The third-order valence-electron chi connectivity index (χ3n) is 3.70. The van der Waals surface area contributed by atoms with E-state index < -0.39 is 0 Å². The molecule has 1 saturated carbocycles. The molecule has 0 aromatic heterocycles. The summed E-state index contributed by atoms with van der Waals surface area (Å²) in [4.78, 5) is 13.7. The van der Waals surface area contributed by atoms with Crippen LogP contribution in [0.2, 0.25) is 0 Å². The molecule has 3 N–H and O–H groups in total. The maximum atomic E-state index is 11.7. The first kappa shape index (κ1) is 11.9. The van der Waals surface area contributed by atoms with Crippen LogP contribution in [-0.2, 0) is 4.79 Å². The van der Waals surface area contributed by atoms with E-state index in [1.807, 2.05) is 4.90 Å². The summed E-state index contributed by atoms with van der Waals surface area (Å²) in [5.41, 5.74) is 5.84. The molecule has 1 saturated heterocycles. The number of nitrogens with two attached hydrogens (primary N) is 1. The third-order valence-corrected chi connectivity index (χ3v) is 3.70. The second-order valence-corrected chi connectivity index (χ2v) is 5.06. The minimum atomic E-state index is 0.312. The van der Waals surface area contributed by atoms with E-state index in [1.165, 1.54) is 19.3 Å². The number of hydrogen-bond donors (Lipinski definition) is 2. The number of carbonyl (C=O) groups is 1. The lowest BCUT2D eigenvalue weighted by molar-refractivity contribution is -0.130. The van der Waals surface area contributed by atoms with Crippen LogP contribution in [-0.4, -0.2) is 42.5 Å². The summed E-state index contributed by atoms with van der Waals surface area (Å²) in [6.45, 7) is 2.74. The Morgan fingerprint density at radius 1 is 1.31 bits per heavy atom. The van der Waals surface area contributed by atoms with Crippen LogP contribution in [0.5, 0.6) is 0 Å². The molecule has 4 heteroatoms. The molecule has 2 rings (SSSR count). The van der Waals surface area contributed by atoms with Gasteiger partial charge in [-0.25, -0.2) is 0 Å². The Morgan fingerprint density at radius 2 is 2.06 bits per heavy atom. The van der Waals surface area contributed by atoms with Crippen molar-refractivity contribution in [2.45, 2.75) is 50.6 Å². The molecule has 0 radical (unpaired) electrons. The number of carbonyl (C=O) groups excluding carboxylic acids is 1. The van der Waals surface area contributed by atoms with E-state index in [4.69, 9.17) is 5.73 Å². The molecule has 16 heavy (non-hydrogen) atoms. The summed E-state index contributed by atoms with van der Waals surface area (Å²) < 4.78 is 0. The van der Waals surface area contributed by atoms with Crippen molar-refractivity contribution in [3.8, 4) is 0 Å². The Labute approximate surface area is 97.6 Å². The normalized spacial score (nSPS) is 29.9. The summed E-state index contributed by atoms with van der Waals surface area (Å²) in [6.07, 6.45) is 6.35. The molecular weight excluding hydrogens is 202 g/mol. The zero-order chi connectivity index (χ0) is 11.4. The molecule has 2 unspecified atom stereocenters. The second-order valence-electron chi connectivity index (χ2n) is 5.06. The van der Waals surface area contributed by atoms with Crippen molar-refractivity contribution in [1.82, 2.24) is 10.2 Å². The predicted octanol–water partition coefficient (Wildman–Crippen LogP) is 0.468. The second kappa shape index (κ2) is 5.64. The molecule has 0 spiro atoms. The molecule has 0 aromatic carbocycles. The first-order valence-electron chi connectivity index (χ1n) is 6.52. The molecule has 2 fully saturated rings. The fraction of sp³-hybridized carbons (Fsp3) is 0.917. The summed E-state index contributed by atoms with van der Waals surface area (Å²) in [5, 5.41) is 3.44. The van der Waals surface area contributed by atoms with Gasteiger partial charge in [0.2, 0.25) is 5.91 Å². The molecule has 1 amide bonds. The quantitative estimate of drug-likeness (QED) is 0.731. The topological polar surface area (TPSA) is 58.4 Å². The number of hydrogen-bond acceptors (Lipinski definition) is 3. The zero-order valence-electron chi connectivity index (χ0n) is 9.95. The van der Waals surface area contributed by atoms with Crippen molar-refractivity contribution in [3.05, 3.63) is 0 Å². The SMILES string of the molecule is NC1CCC(NCCC(=O)N2CCCC2)C1. The summed E-state index contributed by atoms with van der Waals surface area (Å²) in [7, 11) is 0. The monoisotopic (exact) mass is 225 g/mol. The Morgan fingerprint density at radius 3 is 2.69 bits per heavy atom. The molecular formula is C12H23N3O. The van der Waals surface area contributed by atoms with Crippen LogP contribution in [0.1, 0.15) is 38.5 Å². The van der Waals surface area contributed by atoms with Crippen LogP contribution in [0.15, 0.2) is 0 Å². The highest BCUT2D eigenvalue weighted by Gasteiger charge is 2.22. The van der Waals surface area contributed by atoms with Crippen LogP contribution in [0.25, 0.3) is 0 Å². The first-order valence-corrected chi connectivity index (χ1v) is 6.52. The van der Waals surface area contributed by atoms with Gasteiger partial charge >= 0.3 is 0 Å². The van der Waals surface area contributed by atoms with Crippen LogP contribution in [0.4, 0.5) is 0 Å². The highest BCUT2D eigenvalue weighted by atomic mass is 16.2. The van der Waals surface area contributed by atoms with Gasteiger partial charge in [-0.15, -0.1) is 0 Å². The standard InChI is InChI=1S/C12H23N3O/c13-10-3-4-11(9-10)14-6-5-12(16)15-7-1-2-8-15/h10-11,14H,1-9,13H2. The number of rotatable bonds is 4. The highest BCUT2D eigenvalue weighted by molar-refractivity contribution is 5.76. The molecule has 2 atom stereocenters. The van der Waals surface area contributed by atoms with Gasteiger partial charge in [0.05, 0.1) is 0 Å².